The fourth-order valence-electron chi connectivity index (χ4n) is 5.11. The molecule has 4 N–H and O–H groups in total. The van der Waals surface area contributed by atoms with Crippen LogP contribution in [0, 0.1) is 17.8 Å². The third kappa shape index (κ3) is 8.68. The summed E-state index contributed by atoms with van der Waals surface area (Å²) >= 11 is 0. The number of rotatable bonds is 13. The second-order valence-corrected chi connectivity index (χ2v) is 10.2. The zero-order valence-corrected chi connectivity index (χ0v) is 23.4. The van der Waals surface area contributed by atoms with Crippen LogP contribution in [0.15, 0.2) is 30.5 Å². The van der Waals surface area contributed by atoms with Gasteiger partial charge in [0.1, 0.15) is 6.54 Å². The lowest BCUT2D eigenvalue weighted by molar-refractivity contribution is -0.140. The van der Waals surface area contributed by atoms with Crippen molar-refractivity contribution in [2.24, 2.45) is 11.7 Å². The third-order valence-electron chi connectivity index (χ3n) is 7.08. The number of alkyl halides is 3. The van der Waals surface area contributed by atoms with E-state index in [0.717, 1.165) is 31.6 Å². The highest BCUT2D eigenvalue weighted by Gasteiger charge is 2.31. The van der Waals surface area contributed by atoms with Gasteiger partial charge in [-0.25, -0.2) is 4.79 Å². The summed E-state index contributed by atoms with van der Waals surface area (Å²) in [6.07, 6.45) is -1.51. The van der Waals surface area contributed by atoms with Crippen LogP contribution in [0.5, 0.6) is 0 Å². The first-order valence-electron chi connectivity index (χ1n) is 13.8. The molecule has 0 aliphatic carbocycles. The van der Waals surface area contributed by atoms with Gasteiger partial charge in [-0.15, -0.1) is 5.10 Å². The van der Waals surface area contributed by atoms with Crippen molar-refractivity contribution >= 4 is 22.6 Å². The first kappa shape index (κ1) is 31.3. The largest absolute Gasteiger partial charge is 0.476 e. The van der Waals surface area contributed by atoms with E-state index in [9.17, 15) is 18.0 Å². The number of halogens is 3. The summed E-state index contributed by atoms with van der Waals surface area (Å²) in [6.45, 7) is 2.69. The second-order valence-electron chi connectivity index (χ2n) is 10.2. The van der Waals surface area contributed by atoms with Crippen molar-refractivity contribution in [2.75, 3.05) is 58.4 Å². The molecule has 3 aromatic rings. The van der Waals surface area contributed by atoms with Crippen molar-refractivity contribution in [1.29, 1.82) is 0 Å². The Morgan fingerprint density at radius 3 is 2.74 bits per heavy atom. The summed E-state index contributed by atoms with van der Waals surface area (Å²) in [5.41, 5.74) is 6.89. The van der Waals surface area contributed by atoms with E-state index in [2.05, 4.69) is 39.3 Å². The Balaban J connectivity index is 1.31. The van der Waals surface area contributed by atoms with Gasteiger partial charge in [0.2, 0.25) is 0 Å². The van der Waals surface area contributed by atoms with E-state index < -0.39 is 18.7 Å². The van der Waals surface area contributed by atoms with Crippen LogP contribution in [-0.4, -0.2) is 101 Å². The van der Waals surface area contributed by atoms with Crippen LogP contribution >= 0.6 is 0 Å². The molecule has 1 fully saturated rings. The van der Waals surface area contributed by atoms with Gasteiger partial charge in [-0.2, -0.15) is 23.1 Å². The second kappa shape index (κ2) is 14.5. The molecule has 0 bridgehead atoms. The van der Waals surface area contributed by atoms with Crippen molar-refractivity contribution < 1.29 is 32.5 Å². The monoisotopic (exact) mass is 591 g/mol. The molecule has 0 saturated carbocycles. The summed E-state index contributed by atoms with van der Waals surface area (Å²) in [6, 6.07) is 7.16. The number of aromatic nitrogens is 4. The van der Waals surface area contributed by atoms with E-state index in [0.29, 0.717) is 43.9 Å². The maximum Gasteiger partial charge on any atom is 0.406 e. The molecular weight excluding hydrogens is 555 g/mol. The number of piperidine rings is 1. The van der Waals surface area contributed by atoms with Crippen LogP contribution in [0.25, 0.3) is 10.9 Å². The van der Waals surface area contributed by atoms with E-state index in [-0.39, 0.29) is 29.9 Å². The summed E-state index contributed by atoms with van der Waals surface area (Å²) in [5, 5.41) is 20.9. The minimum atomic E-state index is -4.39. The molecule has 1 aliphatic heterocycles. The quantitative estimate of drug-likeness (QED) is 0.203. The number of ether oxygens (including phenoxy) is 2. The maximum atomic E-state index is 13.4. The lowest BCUT2D eigenvalue weighted by Gasteiger charge is -2.38. The number of nitrogens with zero attached hydrogens (tertiary/aromatic N) is 5. The number of likely N-dealkylation sites (tertiary alicyclic amines) is 1. The molecule has 14 heteroatoms. The zero-order valence-electron chi connectivity index (χ0n) is 23.4. The molecule has 3 heterocycles. The number of carboxylic acid groups (broad SMARTS) is 1. The standard InChI is InChI=1S/C28H36F3N7O4/c1-36-10-7-23(20(18-36)8-12-41-14-15-42-13-11-38-33-17-25(35-38)27(39)40)34-24-5-2-6-26-22(24)16-21(4-3-9-32)37(26)19-28(29,30)31/h2,5-6,16-17,20,23,34H,7-15,18-19,32H2,1H3,(H,39,40). The number of nitrogens with one attached hydrogen (secondary N) is 1. The van der Waals surface area contributed by atoms with E-state index in [1.54, 1.807) is 18.2 Å². The highest BCUT2D eigenvalue weighted by Crippen LogP contribution is 2.32. The summed E-state index contributed by atoms with van der Waals surface area (Å²) in [5.74, 6) is 4.61. The Bertz CT molecular complexity index is 1400. The Kier molecular flexibility index (Phi) is 10.8. The van der Waals surface area contributed by atoms with Crippen LogP contribution in [0.1, 0.15) is 29.0 Å². The molecule has 1 aliphatic rings. The molecule has 2 aromatic heterocycles. The van der Waals surface area contributed by atoms with Gasteiger partial charge in [0.05, 0.1) is 50.3 Å². The van der Waals surface area contributed by atoms with Gasteiger partial charge in [0.15, 0.2) is 5.69 Å². The number of fused-ring (bicyclic) bond motifs is 1. The minimum absolute atomic E-state index is 0.0578. The van der Waals surface area contributed by atoms with Gasteiger partial charge >= 0.3 is 12.1 Å². The van der Waals surface area contributed by atoms with E-state index >= 15 is 0 Å². The highest BCUT2D eigenvalue weighted by atomic mass is 19.4. The fraction of sp³-hybridized carbons (Fsp3) is 0.536. The molecular formula is C28H36F3N7O4. The minimum Gasteiger partial charge on any atom is -0.476 e. The van der Waals surface area contributed by atoms with Crippen molar-refractivity contribution in [3.63, 3.8) is 0 Å². The van der Waals surface area contributed by atoms with Crippen LogP contribution < -0.4 is 11.1 Å². The van der Waals surface area contributed by atoms with Crippen LogP contribution in [0.4, 0.5) is 18.9 Å². The molecule has 2 unspecified atom stereocenters. The number of aromatic carboxylic acids is 1. The number of nitrogens with two attached hydrogens (primary N) is 1. The first-order valence-corrected chi connectivity index (χ1v) is 13.8. The van der Waals surface area contributed by atoms with Gasteiger partial charge in [0, 0.05) is 30.3 Å². The van der Waals surface area contributed by atoms with Crippen LogP contribution in [0.3, 0.4) is 0 Å². The molecule has 228 valence electrons. The van der Waals surface area contributed by atoms with Crippen LogP contribution in [0.2, 0.25) is 0 Å². The topological polar surface area (TPSA) is 133 Å². The molecule has 0 amide bonds. The molecule has 11 nitrogen and oxygen atoms in total. The molecule has 0 spiro atoms. The molecule has 4 rings (SSSR count). The lowest BCUT2D eigenvalue weighted by Crippen LogP contribution is -2.45. The van der Waals surface area contributed by atoms with Gasteiger partial charge in [0.25, 0.3) is 0 Å². The van der Waals surface area contributed by atoms with Crippen molar-refractivity contribution in [1.82, 2.24) is 24.5 Å². The summed E-state index contributed by atoms with van der Waals surface area (Å²) < 4.78 is 52.7. The van der Waals surface area contributed by atoms with Gasteiger partial charge < -0.3 is 35.1 Å². The molecule has 1 aromatic carbocycles. The molecule has 42 heavy (non-hydrogen) atoms. The number of carbonyl (C=O) groups is 1. The average Bonchev–Trinajstić information content (AvgIpc) is 3.55. The Labute approximate surface area is 241 Å². The number of anilines is 1. The van der Waals surface area contributed by atoms with Gasteiger partial charge in [-0.3, -0.25) is 0 Å². The van der Waals surface area contributed by atoms with Gasteiger partial charge in [-0.05, 0) is 56.5 Å². The van der Waals surface area contributed by atoms with Crippen molar-refractivity contribution in [2.45, 2.75) is 38.1 Å². The Morgan fingerprint density at radius 2 is 2.02 bits per heavy atom. The lowest BCUT2D eigenvalue weighted by atomic mass is 9.89. The molecule has 1 saturated heterocycles. The van der Waals surface area contributed by atoms with Crippen LogP contribution in [-0.2, 0) is 22.6 Å². The van der Waals surface area contributed by atoms with Crippen molar-refractivity contribution in [3.8, 4) is 11.8 Å². The van der Waals surface area contributed by atoms with E-state index in [4.69, 9.17) is 20.3 Å². The predicted octanol–water partition coefficient (Wildman–Crippen LogP) is 2.66. The third-order valence-corrected chi connectivity index (χ3v) is 7.08. The number of carboxylic acids is 1. The molecule has 2 atom stereocenters. The summed E-state index contributed by atoms with van der Waals surface area (Å²) in [7, 11) is 2.08. The normalized spacial score (nSPS) is 17.7. The summed E-state index contributed by atoms with van der Waals surface area (Å²) in [4.78, 5) is 14.4. The number of benzene rings is 1. The smallest absolute Gasteiger partial charge is 0.406 e. The number of hydrogen-bond acceptors (Lipinski definition) is 8. The van der Waals surface area contributed by atoms with E-state index in [1.807, 2.05) is 6.07 Å². The zero-order chi connectivity index (χ0) is 30.1. The van der Waals surface area contributed by atoms with E-state index in [1.165, 1.54) is 15.6 Å². The average molecular weight is 592 g/mol. The number of hydrogen-bond donors (Lipinski definition) is 3. The molecule has 0 radical (unpaired) electrons. The van der Waals surface area contributed by atoms with Gasteiger partial charge in [-0.1, -0.05) is 12.0 Å². The first-order chi connectivity index (χ1) is 20.1. The predicted molar refractivity (Wildman–Crippen MR) is 150 cm³/mol. The Morgan fingerprint density at radius 1 is 1.24 bits per heavy atom. The maximum absolute atomic E-state index is 13.4. The SMILES string of the molecule is CN1CCC(Nc2cccc3c2cc(C#CCN)n3CC(F)(F)F)C(CCOCCOCCn2ncc(C(=O)O)n2)C1. The van der Waals surface area contributed by atoms with Crippen molar-refractivity contribution in [3.05, 3.63) is 41.9 Å². The fourth-order valence-corrected chi connectivity index (χ4v) is 5.11. The highest BCUT2D eigenvalue weighted by molar-refractivity contribution is 5.94. The Hall–Kier alpha value is -3.64.